The van der Waals surface area contributed by atoms with E-state index in [0.717, 1.165) is 42.8 Å². The summed E-state index contributed by atoms with van der Waals surface area (Å²) >= 11 is 0. The van der Waals surface area contributed by atoms with Gasteiger partial charge in [0.2, 0.25) is 26.0 Å². The number of hydrogen-bond acceptors (Lipinski definition) is 5. The van der Waals surface area contributed by atoms with E-state index in [0.29, 0.717) is 0 Å². The molecule has 2 aliphatic rings. The minimum Gasteiger partial charge on any atom is -0.273 e. The van der Waals surface area contributed by atoms with Crippen molar-refractivity contribution in [2.24, 2.45) is 5.92 Å². The van der Waals surface area contributed by atoms with Gasteiger partial charge < -0.3 is 0 Å². The molecule has 1 unspecified atom stereocenters. The van der Waals surface area contributed by atoms with E-state index in [-0.39, 0.29) is 22.4 Å². The molecule has 1 atom stereocenters. The molecule has 1 amide bonds. The predicted octanol–water partition coefficient (Wildman–Crippen LogP) is 2.00. The normalized spacial score (nSPS) is 24.6. The van der Waals surface area contributed by atoms with Crippen molar-refractivity contribution in [3.05, 3.63) is 24.3 Å². The Labute approximate surface area is 154 Å². The third-order valence-corrected chi connectivity index (χ3v) is 8.32. The Balaban J connectivity index is 1.79. The van der Waals surface area contributed by atoms with Gasteiger partial charge in [0.1, 0.15) is 0 Å². The van der Waals surface area contributed by atoms with Crippen molar-refractivity contribution in [2.45, 2.75) is 56.4 Å². The lowest BCUT2D eigenvalue weighted by atomic mass is 10.1. The van der Waals surface area contributed by atoms with Gasteiger partial charge in [0.05, 0.1) is 22.3 Å². The third kappa shape index (κ3) is 3.94. The minimum atomic E-state index is -3.69. The number of carbonyl (C=O) groups is 1. The first-order valence-corrected chi connectivity index (χ1v) is 12.0. The number of carbonyl (C=O) groups excluding carboxylic acids is 1. The maximum Gasteiger partial charge on any atom is 0.244 e. The Kier molecular flexibility index (Phi) is 5.41. The van der Waals surface area contributed by atoms with E-state index in [4.69, 9.17) is 0 Å². The number of benzene rings is 1. The van der Waals surface area contributed by atoms with Crippen LogP contribution in [0.1, 0.15) is 45.4 Å². The molecular weight excluding hydrogens is 376 g/mol. The molecule has 9 heteroatoms. The fourth-order valence-corrected chi connectivity index (χ4v) is 6.66. The van der Waals surface area contributed by atoms with Crippen LogP contribution in [0.3, 0.4) is 0 Å². The van der Waals surface area contributed by atoms with Crippen molar-refractivity contribution >= 4 is 31.6 Å². The Bertz CT molecular complexity index is 870. The zero-order valence-electron chi connectivity index (χ0n) is 14.7. The van der Waals surface area contributed by atoms with Gasteiger partial charge in [0.25, 0.3) is 0 Å². The maximum atomic E-state index is 12.6. The molecule has 1 aromatic rings. The number of nitrogens with one attached hydrogen (secondary N) is 1. The monoisotopic (exact) mass is 400 g/mol. The van der Waals surface area contributed by atoms with E-state index in [1.807, 2.05) is 0 Å². The average molecular weight is 401 g/mol. The van der Waals surface area contributed by atoms with Crippen LogP contribution in [0, 0.1) is 5.92 Å². The van der Waals surface area contributed by atoms with Gasteiger partial charge in [-0.3, -0.25) is 4.79 Å². The molecule has 1 N–H and O–H groups in total. The smallest absolute Gasteiger partial charge is 0.244 e. The van der Waals surface area contributed by atoms with Gasteiger partial charge >= 0.3 is 0 Å². The van der Waals surface area contributed by atoms with E-state index in [1.54, 1.807) is 6.92 Å². The molecule has 26 heavy (non-hydrogen) atoms. The van der Waals surface area contributed by atoms with Crippen LogP contribution in [0.2, 0.25) is 0 Å². The van der Waals surface area contributed by atoms with Gasteiger partial charge in [-0.25, -0.2) is 25.9 Å². The Morgan fingerprint density at radius 1 is 1.04 bits per heavy atom. The Hall–Kier alpha value is -1.45. The van der Waals surface area contributed by atoms with Crippen molar-refractivity contribution in [1.82, 2.24) is 4.72 Å². The summed E-state index contributed by atoms with van der Waals surface area (Å²) in [5, 5.41) is 0. The highest BCUT2D eigenvalue weighted by Crippen LogP contribution is 2.29. The molecule has 1 saturated carbocycles. The van der Waals surface area contributed by atoms with Crippen LogP contribution in [-0.4, -0.2) is 34.5 Å². The van der Waals surface area contributed by atoms with Crippen molar-refractivity contribution in [2.75, 3.05) is 10.1 Å². The zero-order chi connectivity index (χ0) is 18.9. The number of amides is 1. The van der Waals surface area contributed by atoms with Gasteiger partial charge in [-0.05, 0) is 37.1 Å². The molecule has 1 aromatic carbocycles. The second-order valence-corrected chi connectivity index (χ2v) is 10.7. The highest BCUT2D eigenvalue weighted by Gasteiger charge is 2.42. The fourth-order valence-electron chi connectivity index (χ4n) is 3.53. The Morgan fingerprint density at radius 3 is 2.12 bits per heavy atom. The van der Waals surface area contributed by atoms with Gasteiger partial charge in [0.15, 0.2) is 0 Å². The van der Waals surface area contributed by atoms with Crippen LogP contribution in [-0.2, 0) is 24.8 Å². The lowest BCUT2D eigenvalue weighted by molar-refractivity contribution is -0.119. The molecule has 1 aliphatic carbocycles. The summed E-state index contributed by atoms with van der Waals surface area (Å²) in [6.45, 7) is 1.56. The number of anilines is 1. The summed E-state index contributed by atoms with van der Waals surface area (Å²) in [6, 6.07) is 5.37. The molecule has 144 valence electrons. The maximum absolute atomic E-state index is 12.6. The lowest BCUT2D eigenvalue weighted by Gasteiger charge is -2.18. The molecule has 1 saturated heterocycles. The first kappa shape index (κ1) is 19.3. The van der Waals surface area contributed by atoms with Crippen molar-refractivity contribution in [3.8, 4) is 0 Å². The first-order chi connectivity index (χ1) is 12.2. The average Bonchev–Trinajstić information content (AvgIpc) is 2.75. The molecule has 0 aromatic heterocycles. The standard InChI is InChI=1S/C17H24N2O5S2/c1-13-12-25(21,22)19(17(13)20)15-8-10-16(11-9-15)26(23,24)18-14-6-4-2-3-5-7-14/h8-11,13-14,18H,2-7,12H2,1H3. The second kappa shape index (κ2) is 7.28. The summed E-state index contributed by atoms with van der Waals surface area (Å²) in [5.74, 6) is -1.31. The van der Waals surface area contributed by atoms with Gasteiger partial charge in [0, 0.05) is 6.04 Å². The molecule has 1 aliphatic heterocycles. The third-order valence-electron chi connectivity index (χ3n) is 4.92. The SMILES string of the molecule is CC1CS(=O)(=O)N(c2ccc(S(=O)(=O)NC3CCCCCC3)cc2)C1=O. The van der Waals surface area contributed by atoms with Crippen molar-refractivity contribution < 1.29 is 21.6 Å². The number of rotatable bonds is 4. The van der Waals surface area contributed by atoms with Crippen LogP contribution in [0.25, 0.3) is 0 Å². The summed E-state index contributed by atoms with van der Waals surface area (Å²) in [7, 11) is -7.37. The van der Waals surface area contributed by atoms with Crippen LogP contribution in [0.15, 0.2) is 29.2 Å². The first-order valence-electron chi connectivity index (χ1n) is 8.90. The predicted molar refractivity (Wildman–Crippen MR) is 98.7 cm³/mol. The van der Waals surface area contributed by atoms with Gasteiger partial charge in [-0.1, -0.05) is 32.6 Å². The molecule has 3 rings (SSSR count). The molecule has 1 heterocycles. The van der Waals surface area contributed by atoms with Crippen LogP contribution in [0.4, 0.5) is 5.69 Å². The van der Waals surface area contributed by atoms with E-state index in [1.165, 1.54) is 24.3 Å². The van der Waals surface area contributed by atoms with E-state index in [2.05, 4.69) is 4.72 Å². The van der Waals surface area contributed by atoms with Crippen LogP contribution in [0.5, 0.6) is 0 Å². The zero-order valence-corrected chi connectivity index (χ0v) is 16.4. The highest BCUT2D eigenvalue weighted by molar-refractivity contribution is 7.94. The van der Waals surface area contributed by atoms with Crippen LogP contribution >= 0.6 is 0 Å². The van der Waals surface area contributed by atoms with E-state index in [9.17, 15) is 21.6 Å². The number of nitrogens with zero attached hydrogens (tertiary/aromatic N) is 1. The molecule has 7 nitrogen and oxygen atoms in total. The number of sulfonamides is 2. The van der Waals surface area contributed by atoms with Crippen molar-refractivity contribution in [3.63, 3.8) is 0 Å². The Morgan fingerprint density at radius 2 is 1.62 bits per heavy atom. The highest BCUT2D eigenvalue weighted by atomic mass is 32.2. The fraction of sp³-hybridized carbons (Fsp3) is 0.588. The van der Waals surface area contributed by atoms with E-state index >= 15 is 0 Å². The summed E-state index contributed by atoms with van der Waals surface area (Å²) < 4.78 is 52.9. The summed E-state index contributed by atoms with van der Waals surface area (Å²) in [5.41, 5.74) is 0.174. The largest absolute Gasteiger partial charge is 0.273 e. The lowest BCUT2D eigenvalue weighted by Crippen LogP contribution is -2.34. The topological polar surface area (TPSA) is 101 Å². The van der Waals surface area contributed by atoms with Gasteiger partial charge in [-0.2, -0.15) is 0 Å². The summed E-state index contributed by atoms with van der Waals surface area (Å²) in [4.78, 5) is 12.2. The number of hydrogen-bond donors (Lipinski definition) is 1. The quantitative estimate of drug-likeness (QED) is 0.779. The molecule has 0 spiro atoms. The summed E-state index contributed by atoms with van der Waals surface area (Å²) in [6.07, 6.45) is 5.94. The molecule has 2 fully saturated rings. The van der Waals surface area contributed by atoms with Crippen LogP contribution < -0.4 is 9.03 Å². The second-order valence-electron chi connectivity index (χ2n) is 7.09. The minimum absolute atomic E-state index is 0.0661. The van der Waals surface area contributed by atoms with Gasteiger partial charge in [-0.15, -0.1) is 0 Å². The molecule has 0 radical (unpaired) electrons. The molecular formula is C17H24N2O5S2. The molecule has 0 bridgehead atoms. The van der Waals surface area contributed by atoms with Crippen molar-refractivity contribution in [1.29, 1.82) is 0 Å². The van der Waals surface area contributed by atoms with E-state index < -0.39 is 31.9 Å².